The Kier molecular flexibility index (Phi) is 18.5. The number of likely N-dealkylation sites (N-methyl/N-ethyl adjacent to an activating group) is 1. The predicted octanol–water partition coefficient (Wildman–Crippen LogP) is 3.35. The van der Waals surface area contributed by atoms with E-state index in [4.69, 9.17) is 23.4 Å². The van der Waals surface area contributed by atoms with E-state index in [0.717, 1.165) is 16.7 Å². The molecular formula is C38H52N4O11. The van der Waals surface area contributed by atoms with Gasteiger partial charge in [-0.2, -0.15) is 5.06 Å². The smallest absolute Gasteiger partial charge is 0.331 e. The summed E-state index contributed by atoms with van der Waals surface area (Å²) in [5, 5.41) is 24.5. The molecule has 0 saturated carbocycles. The van der Waals surface area contributed by atoms with E-state index in [2.05, 4.69) is 10.3 Å². The Balaban J connectivity index is 1.87. The number of hydrogen-bond donors (Lipinski definition) is 3. The normalized spacial score (nSPS) is 18.8. The van der Waals surface area contributed by atoms with Crippen molar-refractivity contribution in [1.82, 2.24) is 20.3 Å². The Morgan fingerprint density at radius 3 is 2.36 bits per heavy atom. The van der Waals surface area contributed by atoms with Crippen LogP contribution >= 0.6 is 0 Å². The number of carbonyl (C=O) groups is 4. The van der Waals surface area contributed by atoms with Gasteiger partial charge in [0.15, 0.2) is 19.2 Å². The van der Waals surface area contributed by atoms with Gasteiger partial charge >= 0.3 is 5.97 Å². The molecule has 1 aromatic heterocycles. The first-order valence-electron chi connectivity index (χ1n) is 17.0. The number of hydroxylamine groups is 2. The molecule has 290 valence electrons. The zero-order valence-corrected chi connectivity index (χ0v) is 31.3. The van der Waals surface area contributed by atoms with E-state index in [9.17, 15) is 29.5 Å². The second kappa shape index (κ2) is 22.2. The number of aromatic nitrogens is 1. The molecule has 1 fully saturated rings. The molecule has 53 heavy (non-hydrogen) atoms. The Labute approximate surface area is 310 Å². The summed E-state index contributed by atoms with van der Waals surface area (Å²) in [7, 11) is 2.68. The summed E-state index contributed by atoms with van der Waals surface area (Å²) in [5.41, 5.74) is -2.68. The highest BCUT2D eigenvalue weighted by atomic mass is 16.8. The summed E-state index contributed by atoms with van der Waals surface area (Å²) < 4.78 is 26.1. The maximum atomic E-state index is 13.5. The molecule has 3 amide bonds. The Bertz CT molecular complexity index is 1550. The van der Waals surface area contributed by atoms with Crippen molar-refractivity contribution < 1.29 is 52.9 Å². The molecule has 0 bridgehead atoms. The third-order valence-corrected chi connectivity index (χ3v) is 8.18. The number of nitrogens with zero attached hydrogens (tertiary/aromatic N) is 3. The summed E-state index contributed by atoms with van der Waals surface area (Å²) in [6.07, 6.45) is 23.3. The van der Waals surface area contributed by atoms with Gasteiger partial charge in [0.25, 0.3) is 17.5 Å². The van der Waals surface area contributed by atoms with Crippen molar-refractivity contribution in [2.45, 2.75) is 65.0 Å². The molecule has 15 nitrogen and oxygen atoms in total. The minimum Gasteiger partial charge on any atom is -0.464 e. The van der Waals surface area contributed by atoms with Gasteiger partial charge in [0, 0.05) is 33.2 Å². The van der Waals surface area contributed by atoms with Crippen LogP contribution in [-0.4, -0.2) is 114 Å². The molecule has 2 rings (SSSR count). The second-order valence-corrected chi connectivity index (χ2v) is 12.4. The number of hydrogen-bond acceptors (Lipinski definition) is 12. The molecule has 2 heterocycles. The van der Waals surface area contributed by atoms with Crippen molar-refractivity contribution in [3.8, 4) is 0 Å². The average molecular weight is 741 g/mol. The van der Waals surface area contributed by atoms with Crippen molar-refractivity contribution in [3.63, 3.8) is 0 Å². The van der Waals surface area contributed by atoms with Gasteiger partial charge in [0.05, 0.1) is 30.4 Å². The molecule has 1 aromatic rings. The van der Waals surface area contributed by atoms with Crippen LogP contribution in [0, 0.1) is 5.41 Å². The first-order valence-corrected chi connectivity index (χ1v) is 17.0. The Morgan fingerprint density at radius 1 is 1.08 bits per heavy atom. The highest BCUT2D eigenvalue weighted by molar-refractivity contribution is 5.95. The minimum atomic E-state index is -2.24. The SMILES string of the molecule is CCOC(=O)C(C(C)OC)N(C)C(=O)C1(N(O)C(=O)/C=C/C=C/C=C/C=C\CNC(=O)C(C)(C)C(O)\C(C)=C/C=C\C=C\Cc2cnco2)COCO1. The van der Waals surface area contributed by atoms with Gasteiger partial charge in [-0.15, -0.1) is 0 Å². The van der Waals surface area contributed by atoms with Crippen molar-refractivity contribution in [1.29, 1.82) is 0 Å². The number of amides is 3. The molecule has 0 aromatic carbocycles. The number of aliphatic hydroxyl groups excluding tert-OH is 1. The Morgan fingerprint density at radius 2 is 1.74 bits per heavy atom. The fourth-order valence-electron chi connectivity index (χ4n) is 4.95. The van der Waals surface area contributed by atoms with E-state index in [1.807, 2.05) is 18.2 Å². The molecule has 1 saturated heterocycles. The standard InChI is InChI=1S/C38H52N4O11/c1-8-51-34(45)32(29(3)49-7)41(6)36(47)38(25-50-27-53-38)42(48)31(43)22-18-12-10-9-11-15-19-23-40-35(46)37(4,5)33(44)28(2)20-16-13-14-17-21-30-24-39-26-52-30/h9-20,22,24,26,29,32-33,44,48H,8,21,23,25,27H2,1-7H3,(H,40,46)/b11-9+,12-10+,16-13-,17-14+,19-15-,22-18+,28-20-. The molecule has 1 aliphatic heterocycles. The summed E-state index contributed by atoms with van der Waals surface area (Å²) in [6.45, 7) is 7.74. The van der Waals surface area contributed by atoms with Crippen LogP contribution < -0.4 is 5.32 Å². The first kappa shape index (κ1) is 44.2. The molecular weight excluding hydrogens is 688 g/mol. The lowest BCUT2D eigenvalue weighted by Gasteiger charge is -2.38. The molecule has 15 heteroatoms. The number of rotatable bonds is 20. The van der Waals surface area contributed by atoms with Crippen molar-refractivity contribution in [3.05, 3.63) is 103 Å². The van der Waals surface area contributed by atoms with Crippen LogP contribution in [0.2, 0.25) is 0 Å². The maximum Gasteiger partial charge on any atom is 0.331 e. The highest BCUT2D eigenvalue weighted by Crippen LogP contribution is 2.28. The number of esters is 1. The zero-order valence-electron chi connectivity index (χ0n) is 31.3. The highest BCUT2D eigenvalue weighted by Gasteiger charge is 2.55. The van der Waals surface area contributed by atoms with Crippen molar-refractivity contribution in [2.75, 3.05) is 40.7 Å². The molecule has 0 radical (unpaired) electrons. The van der Waals surface area contributed by atoms with E-state index in [1.54, 1.807) is 83.3 Å². The predicted molar refractivity (Wildman–Crippen MR) is 195 cm³/mol. The minimum absolute atomic E-state index is 0.0691. The van der Waals surface area contributed by atoms with E-state index < -0.39 is 53.8 Å². The van der Waals surface area contributed by atoms with Crippen molar-refractivity contribution in [2.24, 2.45) is 5.41 Å². The third-order valence-electron chi connectivity index (χ3n) is 8.18. The molecule has 4 unspecified atom stereocenters. The topological polar surface area (TPSA) is 190 Å². The van der Waals surface area contributed by atoms with Crippen LogP contribution in [0.15, 0.2) is 102 Å². The van der Waals surface area contributed by atoms with E-state index in [0.29, 0.717) is 12.0 Å². The third kappa shape index (κ3) is 12.9. The summed E-state index contributed by atoms with van der Waals surface area (Å²) in [4.78, 5) is 56.7. The number of methoxy groups -OCH3 is 1. The van der Waals surface area contributed by atoms with Gasteiger partial charge in [-0.05, 0) is 40.2 Å². The maximum absolute atomic E-state index is 13.5. The molecule has 1 aliphatic rings. The van der Waals surface area contributed by atoms with E-state index >= 15 is 0 Å². The summed E-state index contributed by atoms with van der Waals surface area (Å²) in [5.74, 6) is -2.18. The monoisotopic (exact) mass is 740 g/mol. The summed E-state index contributed by atoms with van der Waals surface area (Å²) in [6, 6.07) is -1.19. The van der Waals surface area contributed by atoms with Crippen molar-refractivity contribution >= 4 is 23.7 Å². The summed E-state index contributed by atoms with van der Waals surface area (Å²) >= 11 is 0. The zero-order chi connectivity index (χ0) is 39.4. The lowest BCUT2D eigenvalue weighted by atomic mass is 9.81. The number of oxazole rings is 1. The number of nitrogens with one attached hydrogen (secondary N) is 1. The van der Waals surface area contributed by atoms with Crippen LogP contribution in [-0.2, 0) is 44.5 Å². The molecule has 4 atom stereocenters. The van der Waals surface area contributed by atoms with Gasteiger partial charge in [-0.25, -0.2) is 9.78 Å². The van der Waals surface area contributed by atoms with E-state index in [1.165, 1.54) is 32.7 Å². The fraction of sp³-hybridized carbons (Fsp3) is 0.447. The van der Waals surface area contributed by atoms with Gasteiger partial charge in [-0.1, -0.05) is 72.9 Å². The number of ether oxygens (including phenoxy) is 4. The van der Waals surface area contributed by atoms with Crippen LogP contribution in [0.5, 0.6) is 0 Å². The molecule has 3 N–H and O–H groups in total. The van der Waals surface area contributed by atoms with Gasteiger partial charge in [0.2, 0.25) is 5.91 Å². The number of aliphatic hydroxyl groups is 1. The van der Waals surface area contributed by atoms with Crippen LogP contribution in [0.3, 0.4) is 0 Å². The van der Waals surface area contributed by atoms with Crippen LogP contribution in [0.25, 0.3) is 0 Å². The lowest BCUT2D eigenvalue weighted by Crippen LogP contribution is -2.64. The molecule has 0 spiro atoms. The quantitative estimate of drug-likeness (QED) is 0.0582. The van der Waals surface area contributed by atoms with Gasteiger partial charge in [0.1, 0.15) is 12.4 Å². The second-order valence-electron chi connectivity index (χ2n) is 12.4. The number of carbonyl (C=O) groups excluding carboxylic acids is 4. The molecule has 0 aliphatic carbocycles. The van der Waals surface area contributed by atoms with Crippen LogP contribution in [0.4, 0.5) is 0 Å². The van der Waals surface area contributed by atoms with Gasteiger partial charge in [-0.3, -0.25) is 19.6 Å². The average Bonchev–Trinajstić information content (AvgIpc) is 3.86. The Hall–Kier alpha value is -4.93. The lowest BCUT2D eigenvalue weighted by molar-refractivity contribution is -0.246. The first-order chi connectivity index (χ1) is 25.2. The largest absolute Gasteiger partial charge is 0.464 e. The fourth-order valence-corrected chi connectivity index (χ4v) is 4.95. The van der Waals surface area contributed by atoms with E-state index in [-0.39, 0.29) is 30.9 Å². The number of allylic oxidation sites excluding steroid dienone is 11. The van der Waals surface area contributed by atoms with Crippen LogP contribution in [0.1, 0.15) is 40.4 Å². The van der Waals surface area contributed by atoms with Gasteiger partial charge < -0.3 is 38.7 Å².